The molecule has 0 N–H and O–H groups in total. The summed E-state index contributed by atoms with van der Waals surface area (Å²) in [6, 6.07) is 25.1. The molecule has 6 aliphatic rings. The molecule has 12 rings (SSSR count). The third-order valence-corrected chi connectivity index (χ3v) is 14.3. The van der Waals surface area contributed by atoms with Crippen molar-refractivity contribution < 1.29 is 18.9 Å². The molecule has 6 fully saturated rings. The van der Waals surface area contributed by atoms with Gasteiger partial charge in [-0.05, 0) is 123 Å². The zero-order valence-corrected chi connectivity index (χ0v) is 34.1. The number of methoxy groups -OCH3 is 2. The van der Waals surface area contributed by atoms with Gasteiger partial charge in [-0.1, -0.05) is 38.8 Å². The van der Waals surface area contributed by atoms with E-state index in [-0.39, 0.29) is 24.3 Å². The lowest BCUT2D eigenvalue weighted by atomic mass is 9.72. The van der Waals surface area contributed by atoms with Crippen LogP contribution in [0.25, 0.3) is 32.6 Å². The lowest BCUT2D eigenvalue weighted by Crippen LogP contribution is -2.56. The average Bonchev–Trinajstić information content (AvgIpc) is 3.29. The van der Waals surface area contributed by atoms with Crippen LogP contribution in [0.2, 0.25) is 0 Å². The smallest absolute Gasteiger partial charge is 0.242 e. The Hall–Kier alpha value is -5.06. The zero-order valence-electron chi connectivity index (χ0n) is 34.1. The van der Waals surface area contributed by atoms with Crippen molar-refractivity contribution in [2.75, 3.05) is 40.4 Å². The van der Waals surface area contributed by atoms with Crippen LogP contribution in [0.5, 0.6) is 23.3 Å². The number of benzene rings is 3. The molecule has 0 aliphatic carbocycles. The third-order valence-electron chi connectivity index (χ3n) is 14.3. The first kappa shape index (κ1) is 37.2. The summed E-state index contributed by atoms with van der Waals surface area (Å²) in [5, 5.41) is 13.7. The number of piperidine rings is 6. The summed E-state index contributed by atoms with van der Waals surface area (Å²) in [7, 11) is 3.42. The van der Waals surface area contributed by atoms with E-state index in [4.69, 9.17) is 39.1 Å². The fourth-order valence-corrected chi connectivity index (χ4v) is 11.1. The standard InChI is InChI=1S/C48H54N6O4/c1-5-29-27-53-21-17-31(29)23-43(53)45(35-15-19-49-41-13-11-33(55-3)25-39(35)41)57-47-37-9-7-8-10-38(37)48(52-51-47)58-46(44-24-32-18-22-54(44)28-30(32)6-2)36-16-20-50-42-14-12-34(56-4)26-40(36)42/h7-16,19-20,25-26,29-32,43-46H,5-6,17-18,21-24,27-28H2,1-4H3/t29?,30?,31-,32?,43?,44?,45-,46?/m1/s1. The SMILES string of the molecule is CCC1CN2CCC1CC2C(Oc1nnc(O[C@H](c2ccnc3ccc(OC)cc23)C2C[C@H]3CCN2CC3CC)c2ccccc12)c1ccnc2ccc(OC)cc12. The van der Waals surface area contributed by atoms with E-state index in [0.29, 0.717) is 35.4 Å². The largest absolute Gasteiger partial charge is 0.497 e. The minimum absolute atomic E-state index is 0.180. The monoisotopic (exact) mass is 778 g/mol. The number of ether oxygens (including phenoxy) is 4. The van der Waals surface area contributed by atoms with Crippen LogP contribution in [0, 0.1) is 23.7 Å². The van der Waals surface area contributed by atoms with Crippen molar-refractivity contribution in [2.24, 2.45) is 23.7 Å². The predicted molar refractivity (Wildman–Crippen MR) is 227 cm³/mol. The predicted octanol–water partition coefficient (Wildman–Crippen LogP) is 9.22. The number of hydrogen-bond donors (Lipinski definition) is 0. The maximum absolute atomic E-state index is 7.30. The van der Waals surface area contributed by atoms with Gasteiger partial charge in [-0.25, -0.2) is 0 Å². The Balaban J connectivity index is 1.06. The lowest BCUT2D eigenvalue weighted by Gasteiger charge is -2.52. The maximum atomic E-state index is 7.30. The highest BCUT2D eigenvalue weighted by Gasteiger charge is 2.46. The van der Waals surface area contributed by atoms with E-state index in [9.17, 15) is 0 Å². The van der Waals surface area contributed by atoms with Gasteiger partial charge in [0.05, 0.1) is 48.1 Å². The molecular formula is C48H54N6O4. The molecule has 58 heavy (non-hydrogen) atoms. The number of pyridine rings is 2. The molecule has 9 heterocycles. The first-order valence-corrected chi connectivity index (χ1v) is 21.5. The summed E-state index contributed by atoms with van der Waals surface area (Å²) in [4.78, 5) is 14.8. The summed E-state index contributed by atoms with van der Waals surface area (Å²) < 4.78 is 26.0. The van der Waals surface area contributed by atoms with E-state index >= 15 is 0 Å². The summed E-state index contributed by atoms with van der Waals surface area (Å²) in [6.07, 6.45) is 10.2. The Labute approximate surface area is 340 Å². The molecule has 3 aromatic heterocycles. The summed E-state index contributed by atoms with van der Waals surface area (Å²) >= 11 is 0. The summed E-state index contributed by atoms with van der Waals surface area (Å²) in [5.41, 5.74) is 4.01. The van der Waals surface area contributed by atoms with E-state index < -0.39 is 0 Å². The van der Waals surface area contributed by atoms with E-state index in [0.717, 1.165) is 94.2 Å². The molecule has 0 spiro atoms. The second-order valence-electron chi connectivity index (χ2n) is 17.0. The Kier molecular flexibility index (Phi) is 10.0. The van der Waals surface area contributed by atoms with Gasteiger partial charge in [0.2, 0.25) is 11.8 Å². The molecule has 8 unspecified atom stereocenters. The van der Waals surface area contributed by atoms with Gasteiger partial charge in [0.1, 0.15) is 23.7 Å². The molecule has 10 nitrogen and oxygen atoms in total. The average molecular weight is 779 g/mol. The van der Waals surface area contributed by atoms with Gasteiger partial charge in [-0.2, -0.15) is 0 Å². The van der Waals surface area contributed by atoms with Crippen LogP contribution in [0.15, 0.2) is 85.2 Å². The Morgan fingerprint density at radius 3 is 1.47 bits per heavy atom. The Bertz CT molecular complexity index is 2280. The molecule has 0 saturated carbocycles. The van der Waals surface area contributed by atoms with Crippen molar-refractivity contribution in [3.05, 3.63) is 96.3 Å². The summed E-state index contributed by atoms with van der Waals surface area (Å²) in [5.74, 6) is 5.39. The second-order valence-corrected chi connectivity index (χ2v) is 17.0. The minimum atomic E-state index is -0.300. The number of hydrogen-bond acceptors (Lipinski definition) is 10. The van der Waals surface area contributed by atoms with Crippen LogP contribution >= 0.6 is 0 Å². The lowest BCUT2D eigenvalue weighted by molar-refractivity contribution is -0.0505. The molecule has 6 aromatic rings. The van der Waals surface area contributed by atoms with Crippen LogP contribution in [-0.2, 0) is 0 Å². The molecule has 300 valence electrons. The quantitative estimate of drug-likeness (QED) is 0.120. The van der Waals surface area contributed by atoms with E-state index in [1.165, 1.54) is 25.7 Å². The zero-order chi connectivity index (χ0) is 39.3. The number of nitrogens with zero attached hydrogens (tertiary/aromatic N) is 6. The van der Waals surface area contributed by atoms with Gasteiger partial charge in [-0.3, -0.25) is 19.8 Å². The second kappa shape index (κ2) is 15.6. The number of aromatic nitrogens is 4. The van der Waals surface area contributed by atoms with Gasteiger partial charge < -0.3 is 18.9 Å². The van der Waals surface area contributed by atoms with Crippen molar-refractivity contribution in [3.8, 4) is 23.3 Å². The van der Waals surface area contributed by atoms with Crippen molar-refractivity contribution in [2.45, 2.75) is 76.7 Å². The van der Waals surface area contributed by atoms with Crippen molar-refractivity contribution in [3.63, 3.8) is 0 Å². The van der Waals surface area contributed by atoms with Crippen molar-refractivity contribution in [1.82, 2.24) is 30.0 Å². The van der Waals surface area contributed by atoms with Crippen LogP contribution in [0.1, 0.15) is 75.7 Å². The minimum Gasteiger partial charge on any atom is -0.497 e. The van der Waals surface area contributed by atoms with Crippen LogP contribution in [0.4, 0.5) is 0 Å². The highest BCUT2D eigenvalue weighted by atomic mass is 16.5. The van der Waals surface area contributed by atoms with Crippen LogP contribution < -0.4 is 18.9 Å². The normalized spacial score (nSPS) is 27.4. The molecule has 6 aliphatic heterocycles. The maximum Gasteiger partial charge on any atom is 0.242 e. The highest BCUT2D eigenvalue weighted by Crippen LogP contribution is 2.47. The van der Waals surface area contributed by atoms with Crippen molar-refractivity contribution in [1.29, 1.82) is 0 Å². The van der Waals surface area contributed by atoms with Crippen LogP contribution in [-0.4, -0.2) is 82.4 Å². The molecule has 4 bridgehead atoms. The topological polar surface area (TPSA) is 95.0 Å². The first-order valence-electron chi connectivity index (χ1n) is 21.5. The van der Waals surface area contributed by atoms with E-state index in [2.05, 4.69) is 72.2 Å². The van der Waals surface area contributed by atoms with Gasteiger partial charge in [0.15, 0.2) is 0 Å². The molecular weight excluding hydrogens is 725 g/mol. The first-order chi connectivity index (χ1) is 28.5. The molecule has 10 heteroatoms. The van der Waals surface area contributed by atoms with Gasteiger partial charge in [0.25, 0.3) is 0 Å². The fourth-order valence-electron chi connectivity index (χ4n) is 11.1. The third kappa shape index (κ3) is 6.58. The van der Waals surface area contributed by atoms with Gasteiger partial charge in [-0.15, -0.1) is 10.2 Å². The molecule has 0 amide bonds. The van der Waals surface area contributed by atoms with E-state index in [1.807, 2.05) is 36.7 Å². The van der Waals surface area contributed by atoms with Crippen LogP contribution in [0.3, 0.4) is 0 Å². The van der Waals surface area contributed by atoms with E-state index in [1.54, 1.807) is 14.2 Å². The number of fused-ring (bicyclic) bond motifs is 9. The Morgan fingerprint density at radius 2 is 1.07 bits per heavy atom. The highest BCUT2D eigenvalue weighted by molar-refractivity contribution is 5.91. The fraction of sp³-hybridized carbons (Fsp3) is 0.458. The summed E-state index contributed by atoms with van der Waals surface area (Å²) in [6.45, 7) is 9.00. The molecule has 10 atom stereocenters. The van der Waals surface area contributed by atoms with Crippen molar-refractivity contribution >= 4 is 32.6 Å². The van der Waals surface area contributed by atoms with Gasteiger partial charge in [0, 0.05) is 47.4 Å². The number of rotatable bonds is 12. The molecule has 3 aromatic carbocycles. The molecule has 6 saturated heterocycles. The molecule has 0 radical (unpaired) electrons. The van der Waals surface area contributed by atoms with Gasteiger partial charge >= 0.3 is 0 Å². The Morgan fingerprint density at radius 1 is 0.603 bits per heavy atom.